The fourth-order valence-electron chi connectivity index (χ4n) is 1.40. The summed E-state index contributed by atoms with van der Waals surface area (Å²) in [6, 6.07) is 16.5. The van der Waals surface area contributed by atoms with Gasteiger partial charge in [-0.2, -0.15) is 0 Å². The number of halogens is 3. The third kappa shape index (κ3) is 8.98. The standard InChI is InChI=1S/C7H5Br3O2S.C7H8O2S.Na.H2O/c8-7(9,10)13(11,12)6-4-2-1-3-5-6;1-10(8,9)7-5-3-2-4-6-7;;/h1-5H;2-6H,1H3;;1H2/q;;+1;/p-1. The van der Waals surface area contributed by atoms with Crippen LogP contribution in [0.5, 0.6) is 0 Å². The van der Waals surface area contributed by atoms with Crippen LogP contribution in [0, 0.1) is 0 Å². The van der Waals surface area contributed by atoms with Crippen LogP contribution in [0.15, 0.2) is 70.5 Å². The molecule has 5 nitrogen and oxygen atoms in total. The molecule has 0 saturated heterocycles. The molecule has 0 aliphatic heterocycles. The number of hydrogen-bond donors (Lipinski definition) is 0. The first kappa shape index (κ1) is 28.0. The second-order valence-electron chi connectivity index (χ2n) is 4.35. The fourth-order valence-corrected chi connectivity index (χ4v) is 4.52. The van der Waals surface area contributed by atoms with E-state index in [9.17, 15) is 16.8 Å². The largest absolute Gasteiger partial charge is 1.00 e. The molecule has 0 aliphatic rings. The molecule has 0 unspecified atom stereocenters. The molecule has 0 bridgehead atoms. The molecule has 134 valence electrons. The monoisotopic (exact) mass is 586 g/mol. The summed E-state index contributed by atoms with van der Waals surface area (Å²) < 4.78 is 43.8. The molecule has 2 rings (SSSR count). The van der Waals surface area contributed by atoms with Crippen LogP contribution in [0.4, 0.5) is 0 Å². The van der Waals surface area contributed by atoms with E-state index in [4.69, 9.17) is 0 Å². The Morgan fingerprint density at radius 2 is 1.04 bits per heavy atom. The molecule has 0 heterocycles. The molecule has 0 atom stereocenters. The summed E-state index contributed by atoms with van der Waals surface area (Å²) in [7, 11) is -6.43. The molecular formula is C14H14Br3NaO5S2. The minimum Gasteiger partial charge on any atom is -0.870 e. The molecule has 0 amide bonds. The summed E-state index contributed by atoms with van der Waals surface area (Å²) in [5.41, 5.74) is 0. The smallest absolute Gasteiger partial charge is 0.870 e. The average Bonchev–Trinajstić information content (AvgIpc) is 2.48. The molecule has 1 N–H and O–H groups in total. The Morgan fingerprint density at radius 3 is 1.28 bits per heavy atom. The molecule has 0 fully saturated rings. The van der Waals surface area contributed by atoms with E-state index >= 15 is 0 Å². The van der Waals surface area contributed by atoms with Gasteiger partial charge in [-0.05, 0) is 72.1 Å². The Morgan fingerprint density at radius 1 is 0.720 bits per heavy atom. The van der Waals surface area contributed by atoms with E-state index in [0.717, 1.165) is 0 Å². The molecule has 0 aliphatic carbocycles. The Kier molecular flexibility index (Phi) is 12.9. The summed E-state index contributed by atoms with van der Waals surface area (Å²) in [6.07, 6.45) is 1.20. The van der Waals surface area contributed by atoms with Crippen molar-refractivity contribution in [3.63, 3.8) is 0 Å². The van der Waals surface area contributed by atoms with Crippen LogP contribution < -0.4 is 29.6 Å². The van der Waals surface area contributed by atoms with E-state index in [1.807, 2.05) is 0 Å². The van der Waals surface area contributed by atoms with Crippen molar-refractivity contribution in [3.05, 3.63) is 60.7 Å². The van der Waals surface area contributed by atoms with Crippen molar-refractivity contribution in [1.29, 1.82) is 0 Å². The van der Waals surface area contributed by atoms with Gasteiger partial charge in [0.25, 0.3) is 0 Å². The summed E-state index contributed by atoms with van der Waals surface area (Å²) in [5.74, 6) is 0. The summed E-state index contributed by atoms with van der Waals surface area (Å²) in [4.78, 5) is 0.621. The van der Waals surface area contributed by atoms with Gasteiger partial charge in [-0.15, -0.1) is 0 Å². The average molecular weight is 589 g/mol. The van der Waals surface area contributed by atoms with Crippen LogP contribution >= 0.6 is 47.8 Å². The van der Waals surface area contributed by atoms with E-state index in [0.29, 0.717) is 4.90 Å². The van der Waals surface area contributed by atoms with Crippen molar-refractivity contribution >= 4 is 67.5 Å². The van der Waals surface area contributed by atoms with Gasteiger partial charge in [0.15, 0.2) is 9.84 Å². The zero-order valence-electron chi connectivity index (χ0n) is 13.3. The Balaban J connectivity index is 0. The van der Waals surface area contributed by atoms with Gasteiger partial charge in [-0.25, -0.2) is 16.8 Å². The predicted molar refractivity (Wildman–Crippen MR) is 105 cm³/mol. The summed E-state index contributed by atoms with van der Waals surface area (Å²) in [5, 5.41) is 0. The molecule has 0 spiro atoms. The maximum atomic E-state index is 11.7. The van der Waals surface area contributed by atoms with Gasteiger partial charge in [-0.1, -0.05) is 36.4 Å². The zero-order valence-corrected chi connectivity index (χ0v) is 21.7. The second kappa shape index (κ2) is 11.6. The summed E-state index contributed by atoms with van der Waals surface area (Å²) >= 11 is 8.95. The topological polar surface area (TPSA) is 98.3 Å². The molecule has 0 aromatic heterocycles. The van der Waals surface area contributed by atoms with Crippen LogP contribution in [-0.2, 0) is 19.7 Å². The fraction of sp³-hybridized carbons (Fsp3) is 0.143. The minimum absolute atomic E-state index is 0. The van der Waals surface area contributed by atoms with Gasteiger partial charge in [0.1, 0.15) is 0 Å². The number of rotatable bonds is 2. The number of hydrogen-bond acceptors (Lipinski definition) is 5. The Hall–Kier alpha value is 0.740. The molecule has 2 aromatic carbocycles. The van der Waals surface area contributed by atoms with Gasteiger partial charge < -0.3 is 5.48 Å². The van der Waals surface area contributed by atoms with Gasteiger partial charge in [0.2, 0.25) is 11.3 Å². The van der Waals surface area contributed by atoms with Gasteiger partial charge in [0.05, 0.1) is 9.79 Å². The third-order valence-corrected chi connectivity index (χ3v) is 9.00. The van der Waals surface area contributed by atoms with Gasteiger partial charge >= 0.3 is 29.6 Å². The van der Waals surface area contributed by atoms with Crippen LogP contribution in [0.3, 0.4) is 0 Å². The maximum absolute atomic E-state index is 11.7. The molecule has 25 heavy (non-hydrogen) atoms. The van der Waals surface area contributed by atoms with E-state index in [2.05, 4.69) is 47.8 Å². The quantitative estimate of drug-likeness (QED) is 0.388. The summed E-state index contributed by atoms with van der Waals surface area (Å²) in [6.45, 7) is 0. The van der Waals surface area contributed by atoms with Crippen molar-refractivity contribution in [1.82, 2.24) is 0 Å². The minimum atomic E-state index is -3.43. The second-order valence-corrected chi connectivity index (χ2v) is 16.8. The molecule has 0 radical (unpaired) electrons. The van der Waals surface area contributed by atoms with Crippen LogP contribution in [0.2, 0.25) is 0 Å². The first-order valence-corrected chi connectivity index (χ1v) is 11.8. The van der Waals surface area contributed by atoms with Crippen molar-refractivity contribution in [3.8, 4) is 0 Å². The number of alkyl halides is 3. The van der Waals surface area contributed by atoms with Crippen molar-refractivity contribution in [2.75, 3.05) is 6.26 Å². The van der Waals surface area contributed by atoms with Crippen molar-refractivity contribution < 1.29 is 51.9 Å². The third-order valence-electron chi connectivity index (χ3n) is 2.53. The van der Waals surface area contributed by atoms with E-state index in [1.54, 1.807) is 48.5 Å². The van der Waals surface area contributed by atoms with Crippen molar-refractivity contribution in [2.24, 2.45) is 0 Å². The molecule has 0 saturated carbocycles. The molecule has 2 aromatic rings. The Labute approximate surface area is 195 Å². The van der Waals surface area contributed by atoms with Crippen molar-refractivity contribution in [2.45, 2.75) is 11.3 Å². The maximum Gasteiger partial charge on any atom is 1.00 e. The molecular weight excluding hydrogens is 575 g/mol. The Bertz CT molecular complexity index is 837. The first-order valence-electron chi connectivity index (χ1n) is 6.08. The SMILES string of the molecule is CS(=O)(=O)c1ccccc1.O=S(=O)(c1ccccc1)C(Br)(Br)Br.[Na+].[OH-]. The first-order chi connectivity index (χ1) is 10.5. The molecule has 11 heteroatoms. The number of sulfone groups is 2. The predicted octanol–water partition coefficient (Wildman–Crippen LogP) is 1.17. The van der Waals surface area contributed by atoms with Crippen LogP contribution in [-0.4, -0.2) is 30.0 Å². The van der Waals surface area contributed by atoms with Crippen LogP contribution in [0.25, 0.3) is 0 Å². The van der Waals surface area contributed by atoms with E-state index in [1.165, 1.54) is 18.4 Å². The normalized spacial score (nSPS) is 11.2. The van der Waals surface area contributed by atoms with Gasteiger partial charge in [-0.3, -0.25) is 0 Å². The van der Waals surface area contributed by atoms with E-state index < -0.39 is 21.1 Å². The van der Waals surface area contributed by atoms with Gasteiger partial charge in [0, 0.05) is 6.26 Å². The number of benzene rings is 2. The van der Waals surface area contributed by atoms with Crippen LogP contribution in [0.1, 0.15) is 0 Å². The zero-order chi connectivity index (χ0) is 17.7. The van der Waals surface area contributed by atoms with E-state index in [-0.39, 0.29) is 39.9 Å².